The summed E-state index contributed by atoms with van der Waals surface area (Å²) < 4.78 is 14.8. The number of carbonyl (C=O) groups excluding carboxylic acids is 2. The van der Waals surface area contributed by atoms with Crippen LogP contribution in [0.15, 0.2) is 36.7 Å². The third kappa shape index (κ3) is 4.95. The van der Waals surface area contributed by atoms with Crippen LogP contribution in [0.2, 0.25) is 0 Å². The normalized spacial score (nSPS) is 14.6. The number of halogens is 1. The minimum Gasteiger partial charge on any atom is -0.381 e. The average molecular weight is 438 g/mol. The fourth-order valence-corrected chi connectivity index (χ4v) is 4.11. The average Bonchev–Trinajstić information content (AvgIpc) is 3.23. The summed E-state index contributed by atoms with van der Waals surface area (Å²) in [5, 5.41) is 11.7. The number of carbonyl (C=O) groups is 2. The number of nitrogens with one attached hydrogen (secondary N) is 2. The third-order valence-corrected chi connectivity index (χ3v) is 5.94. The van der Waals surface area contributed by atoms with Crippen LogP contribution in [-0.2, 0) is 17.8 Å². The Kier molecular flexibility index (Phi) is 6.78. The number of amides is 1. The molecular weight excluding hydrogens is 409 g/mol. The minimum atomic E-state index is -0.251. The van der Waals surface area contributed by atoms with Gasteiger partial charge in [-0.2, -0.15) is 5.10 Å². The summed E-state index contributed by atoms with van der Waals surface area (Å²) in [6.45, 7) is 3.18. The van der Waals surface area contributed by atoms with E-state index in [0.717, 1.165) is 48.0 Å². The van der Waals surface area contributed by atoms with Crippen LogP contribution in [0, 0.1) is 5.82 Å². The van der Waals surface area contributed by atoms with Crippen LogP contribution in [0.4, 0.5) is 10.1 Å². The molecule has 168 valence electrons. The van der Waals surface area contributed by atoms with Crippen molar-refractivity contribution in [1.29, 1.82) is 0 Å². The molecule has 1 aromatic carbocycles. The Morgan fingerprint density at radius 1 is 1.19 bits per heavy atom. The quantitative estimate of drug-likeness (QED) is 0.522. The van der Waals surface area contributed by atoms with E-state index >= 15 is 0 Å². The summed E-state index contributed by atoms with van der Waals surface area (Å²) in [5.41, 5.74) is 2.97. The van der Waals surface area contributed by atoms with Crippen LogP contribution >= 0.6 is 0 Å². The number of rotatable bonds is 8. The first-order valence-corrected chi connectivity index (χ1v) is 11.2. The Bertz CT molecular complexity index is 1100. The molecule has 1 aliphatic carbocycles. The van der Waals surface area contributed by atoms with Crippen LogP contribution in [0.1, 0.15) is 54.9 Å². The van der Waals surface area contributed by atoms with Crippen molar-refractivity contribution in [2.45, 2.75) is 58.0 Å². The van der Waals surface area contributed by atoms with Crippen molar-refractivity contribution < 1.29 is 14.0 Å². The van der Waals surface area contributed by atoms with Gasteiger partial charge in [0.1, 0.15) is 11.6 Å². The summed E-state index contributed by atoms with van der Waals surface area (Å²) in [5.74, 6) is -0.156. The molecule has 0 unspecified atom stereocenters. The summed E-state index contributed by atoms with van der Waals surface area (Å²) in [4.78, 5) is 29.1. The van der Waals surface area contributed by atoms with E-state index in [2.05, 4.69) is 20.7 Å². The first-order chi connectivity index (χ1) is 15.5. The third-order valence-electron chi connectivity index (χ3n) is 5.94. The summed E-state index contributed by atoms with van der Waals surface area (Å²) in [6, 6.07) is 6.55. The van der Waals surface area contributed by atoms with Gasteiger partial charge in [-0.15, -0.1) is 0 Å². The lowest BCUT2D eigenvalue weighted by Crippen LogP contribution is -2.30. The predicted molar refractivity (Wildman–Crippen MR) is 121 cm³/mol. The second-order valence-electron chi connectivity index (χ2n) is 8.19. The number of benzene rings is 1. The molecule has 0 bridgehead atoms. The van der Waals surface area contributed by atoms with Gasteiger partial charge in [-0.3, -0.25) is 9.59 Å². The van der Waals surface area contributed by atoms with E-state index in [1.54, 1.807) is 29.2 Å². The summed E-state index contributed by atoms with van der Waals surface area (Å²) >= 11 is 0. The van der Waals surface area contributed by atoms with Crippen LogP contribution in [0.25, 0.3) is 11.0 Å². The summed E-state index contributed by atoms with van der Waals surface area (Å²) in [6.07, 6.45) is 7.47. The van der Waals surface area contributed by atoms with Crippen LogP contribution in [0.3, 0.4) is 0 Å². The molecule has 3 aromatic rings. The minimum absolute atomic E-state index is 0.133. The fourth-order valence-electron chi connectivity index (χ4n) is 4.11. The van der Waals surface area contributed by atoms with Gasteiger partial charge in [0.25, 0.3) is 5.91 Å². The Balaban J connectivity index is 1.48. The molecule has 1 amide bonds. The first-order valence-electron chi connectivity index (χ1n) is 11.2. The van der Waals surface area contributed by atoms with Crippen molar-refractivity contribution in [3.05, 3.63) is 53.6 Å². The molecule has 2 aromatic heterocycles. The zero-order valence-corrected chi connectivity index (χ0v) is 18.2. The highest BCUT2D eigenvalue weighted by atomic mass is 19.1. The van der Waals surface area contributed by atoms with Gasteiger partial charge in [0.15, 0.2) is 5.65 Å². The molecule has 1 saturated carbocycles. The zero-order chi connectivity index (χ0) is 22.5. The largest absolute Gasteiger partial charge is 0.381 e. The highest BCUT2D eigenvalue weighted by Gasteiger charge is 2.23. The van der Waals surface area contributed by atoms with Crippen molar-refractivity contribution in [3.8, 4) is 0 Å². The van der Waals surface area contributed by atoms with E-state index in [1.807, 2.05) is 6.92 Å². The Labute approximate surface area is 186 Å². The van der Waals surface area contributed by atoms with Crippen molar-refractivity contribution in [2.24, 2.45) is 0 Å². The molecule has 1 fully saturated rings. The number of hydrogen-bond acceptors (Lipinski definition) is 5. The fraction of sp³-hybridized carbons (Fsp3) is 0.417. The Morgan fingerprint density at radius 3 is 2.66 bits per heavy atom. The van der Waals surface area contributed by atoms with Gasteiger partial charge in [0.05, 0.1) is 22.8 Å². The molecule has 1 aliphatic rings. The van der Waals surface area contributed by atoms with Crippen molar-refractivity contribution in [2.75, 3.05) is 11.9 Å². The molecule has 0 radical (unpaired) electrons. The molecule has 4 rings (SSSR count). The number of nitrogens with zero attached hydrogens (tertiary/aromatic N) is 3. The van der Waals surface area contributed by atoms with E-state index in [9.17, 15) is 14.0 Å². The number of pyridine rings is 1. The van der Waals surface area contributed by atoms with E-state index in [-0.39, 0.29) is 17.8 Å². The molecule has 0 atom stereocenters. The zero-order valence-electron chi connectivity index (χ0n) is 18.2. The molecule has 8 heteroatoms. The molecule has 0 aliphatic heterocycles. The molecule has 7 nitrogen and oxygen atoms in total. The molecule has 32 heavy (non-hydrogen) atoms. The first kappa shape index (κ1) is 21.9. The maximum Gasteiger partial charge on any atom is 0.254 e. The van der Waals surface area contributed by atoms with Gasteiger partial charge in [-0.1, -0.05) is 12.1 Å². The Hall–Kier alpha value is -3.29. The molecule has 2 N–H and O–H groups in total. The standard InChI is InChI=1S/C24H28FN5O2/c1-2-30-23-20(15-28-30)22(29-18-9-11-19(31)12-10-18)21(14-27-23)24(32)26-13-3-4-16-5-7-17(25)8-6-16/h5-8,14-15,18H,2-4,9-13H2,1H3,(H,26,32)(H,27,29). The van der Waals surface area contributed by atoms with Gasteiger partial charge in [-0.05, 0) is 50.3 Å². The second-order valence-corrected chi connectivity index (χ2v) is 8.19. The predicted octanol–water partition coefficient (Wildman–Crippen LogP) is 3.88. The maximum absolute atomic E-state index is 13.0. The van der Waals surface area contributed by atoms with E-state index in [0.29, 0.717) is 37.3 Å². The van der Waals surface area contributed by atoms with Crippen LogP contribution in [0.5, 0.6) is 0 Å². The van der Waals surface area contributed by atoms with E-state index < -0.39 is 0 Å². The van der Waals surface area contributed by atoms with Crippen molar-refractivity contribution in [1.82, 2.24) is 20.1 Å². The maximum atomic E-state index is 13.0. The number of hydrogen-bond donors (Lipinski definition) is 2. The molecule has 2 heterocycles. The van der Waals surface area contributed by atoms with Gasteiger partial charge in [0, 0.05) is 38.2 Å². The smallest absolute Gasteiger partial charge is 0.254 e. The van der Waals surface area contributed by atoms with Crippen LogP contribution in [-0.4, -0.2) is 39.0 Å². The number of aryl methyl sites for hydroxylation is 2. The number of ketones is 1. The van der Waals surface area contributed by atoms with Gasteiger partial charge in [0.2, 0.25) is 0 Å². The number of aromatic nitrogens is 3. The van der Waals surface area contributed by atoms with Crippen molar-refractivity contribution in [3.63, 3.8) is 0 Å². The topological polar surface area (TPSA) is 88.9 Å². The number of anilines is 1. The SMILES string of the molecule is CCn1ncc2c(NC3CCC(=O)CC3)c(C(=O)NCCCc3ccc(F)cc3)cnc21. The lowest BCUT2D eigenvalue weighted by Gasteiger charge is -2.24. The number of Topliss-reactive ketones (excluding diaryl/α,β-unsaturated/α-hetero) is 1. The molecule has 0 saturated heterocycles. The summed E-state index contributed by atoms with van der Waals surface area (Å²) in [7, 11) is 0. The van der Waals surface area contributed by atoms with Crippen molar-refractivity contribution >= 4 is 28.4 Å². The lowest BCUT2D eigenvalue weighted by molar-refractivity contribution is -0.120. The highest BCUT2D eigenvalue weighted by molar-refractivity contribution is 6.06. The van der Waals surface area contributed by atoms with Gasteiger partial charge < -0.3 is 10.6 Å². The van der Waals surface area contributed by atoms with Gasteiger partial charge >= 0.3 is 0 Å². The lowest BCUT2D eigenvalue weighted by atomic mass is 9.94. The second kappa shape index (κ2) is 9.89. The highest BCUT2D eigenvalue weighted by Crippen LogP contribution is 2.29. The molecular formula is C24H28FN5O2. The van der Waals surface area contributed by atoms with Crippen LogP contribution < -0.4 is 10.6 Å². The monoisotopic (exact) mass is 437 g/mol. The Morgan fingerprint density at radius 2 is 1.94 bits per heavy atom. The number of fused-ring (bicyclic) bond motifs is 1. The molecule has 0 spiro atoms. The van der Waals surface area contributed by atoms with Gasteiger partial charge in [-0.25, -0.2) is 14.1 Å². The van der Waals surface area contributed by atoms with E-state index in [4.69, 9.17) is 0 Å². The van der Waals surface area contributed by atoms with E-state index in [1.165, 1.54) is 12.1 Å².